The van der Waals surface area contributed by atoms with Gasteiger partial charge in [0.1, 0.15) is 0 Å². The van der Waals surface area contributed by atoms with Crippen LogP contribution in [0.15, 0.2) is 170 Å². The predicted octanol–water partition coefficient (Wildman–Crippen LogP) is 14.4. The molecule has 0 saturated carbocycles. The molecule has 0 radical (unpaired) electrons. The first-order chi connectivity index (χ1) is 25.2. The summed E-state index contributed by atoms with van der Waals surface area (Å²) in [7, 11) is 0. The smallest absolute Gasteiger partial charge is 0.0546 e. The Hall–Kier alpha value is -5.92. The molecular formula is C51H43N. The van der Waals surface area contributed by atoms with Crippen molar-refractivity contribution in [2.24, 2.45) is 0 Å². The molecule has 1 aliphatic rings. The highest BCUT2D eigenvalue weighted by Gasteiger charge is 2.36. The molecule has 0 N–H and O–H groups in total. The molecule has 1 heteroatoms. The maximum atomic E-state index is 2.49. The third kappa shape index (κ3) is 5.31. The molecule has 8 aromatic rings. The van der Waals surface area contributed by atoms with E-state index in [2.05, 4.69) is 209 Å². The van der Waals surface area contributed by atoms with Crippen molar-refractivity contribution >= 4 is 38.6 Å². The van der Waals surface area contributed by atoms with Crippen molar-refractivity contribution in [3.8, 4) is 33.4 Å². The molecular weight excluding hydrogens is 627 g/mol. The van der Waals surface area contributed by atoms with Gasteiger partial charge in [-0.1, -0.05) is 156 Å². The minimum atomic E-state index is -0.150. The van der Waals surface area contributed by atoms with Gasteiger partial charge in [-0.15, -0.1) is 0 Å². The Morgan fingerprint density at radius 3 is 1.81 bits per heavy atom. The zero-order valence-electron chi connectivity index (χ0n) is 30.6. The monoisotopic (exact) mass is 669 g/mol. The van der Waals surface area contributed by atoms with E-state index >= 15 is 0 Å². The summed E-state index contributed by atoms with van der Waals surface area (Å²) in [5.74, 6) is 0. The third-order valence-electron chi connectivity index (χ3n) is 11.2. The van der Waals surface area contributed by atoms with Crippen molar-refractivity contribution < 1.29 is 0 Å². The van der Waals surface area contributed by atoms with Crippen LogP contribution < -0.4 is 4.90 Å². The Bertz CT molecular complexity index is 2620. The molecule has 252 valence electrons. The normalized spacial score (nSPS) is 13.2. The number of benzene rings is 8. The van der Waals surface area contributed by atoms with Gasteiger partial charge >= 0.3 is 0 Å². The molecule has 0 aliphatic heterocycles. The molecule has 0 heterocycles. The van der Waals surface area contributed by atoms with Crippen LogP contribution in [0.2, 0.25) is 0 Å². The topological polar surface area (TPSA) is 3.24 Å². The van der Waals surface area contributed by atoms with Gasteiger partial charge in [0.15, 0.2) is 0 Å². The van der Waals surface area contributed by atoms with Crippen LogP contribution in [-0.2, 0) is 10.8 Å². The van der Waals surface area contributed by atoms with E-state index in [9.17, 15) is 0 Å². The predicted molar refractivity (Wildman–Crippen MR) is 223 cm³/mol. The Kier molecular flexibility index (Phi) is 7.45. The van der Waals surface area contributed by atoms with Gasteiger partial charge in [-0.2, -0.15) is 0 Å². The van der Waals surface area contributed by atoms with Crippen molar-refractivity contribution in [2.75, 3.05) is 4.90 Å². The van der Waals surface area contributed by atoms with Gasteiger partial charge in [0.25, 0.3) is 0 Å². The van der Waals surface area contributed by atoms with Crippen molar-refractivity contribution in [3.63, 3.8) is 0 Å². The van der Waals surface area contributed by atoms with E-state index in [4.69, 9.17) is 0 Å². The Morgan fingerprint density at radius 1 is 0.442 bits per heavy atom. The fourth-order valence-corrected chi connectivity index (χ4v) is 8.32. The molecule has 9 rings (SSSR count). The van der Waals surface area contributed by atoms with Crippen LogP contribution >= 0.6 is 0 Å². The summed E-state index contributed by atoms with van der Waals surface area (Å²) in [5.41, 5.74) is 15.0. The van der Waals surface area contributed by atoms with Crippen molar-refractivity contribution in [2.45, 2.75) is 45.4 Å². The maximum absolute atomic E-state index is 2.49. The average molecular weight is 670 g/mol. The minimum Gasteiger partial charge on any atom is -0.310 e. The lowest BCUT2D eigenvalue weighted by atomic mass is 9.81. The number of hydrogen-bond donors (Lipinski definition) is 0. The van der Waals surface area contributed by atoms with E-state index < -0.39 is 0 Å². The molecule has 0 spiro atoms. The van der Waals surface area contributed by atoms with Crippen LogP contribution in [0, 0.1) is 0 Å². The maximum Gasteiger partial charge on any atom is 0.0546 e. The fourth-order valence-electron chi connectivity index (χ4n) is 8.32. The van der Waals surface area contributed by atoms with E-state index in [1.165, 1.54) is 71.6 Å². The lowest BCUT2D eigenvalue weighted by Crippen LogP contribution is -2.17. The van der Waals surface area contributed by atoms with Gasteiger partial charge in [0.2, 0.25) is 0 Å². The molecule has 1 nitrogen and oxygen atoms in total. The fraction of sp³-hybridized carbons (Fsp3) is 0.137. The summed E-state index contributed by atoms with van der Waals surface area (Å²) in [6.45, 7) is 11.6. The molecule has 52 heavy (non-hydrogen) atoms. The van der Waals surface area contributed by atoms with Crippen LogP contribution in [0.5, 0.6) is 0 Å². The standard InChI is InChI=1S/C51H43N/c1-50(2,3)40-23-25-41(26-24-40)52(42-27-28-44-45-31-37-17-9-10-18-38(37)32-46(45)51(4,5)47(44)33-42)48-29-22-35-16-11-12-21-43(35)49(48)39-20-13-19-36(30-39)34-14-7-6-8-15-34/h6-33H,1-5H3. The summed E-state index contributed by atoms with van der Waals surface area (Å²) >= 11 is 0. The number of anilines is 3. The minimum absolute atomic E-state index is 0.0578. The first kappa shape index (κ1) is 32.0. The molecule has 0 amide bonds. The Balaban J connectivity index is 1.29. The van der Waals surface area contributed by atoms with Gasteiger partial charge < -0.3 is 4.90 Å². The highest BCUT2D eigenvalue weighted by Crippen LogP contribution is 2.53. The molecule has 0 unspecified atom stereocenters. The van der Waals surface area contributed by atoms with Gasteiger partial charge in [-0.05, 0) is 120 Å². The molecule has 0 atom stereocenters. The number of hydrogen-bond acceptors (Lipinski definition) is 1. The second-order valence-electron chi connectivity index (χ2n) is 15.9. The Labute approximate surface area is 307 Å². The molecule has 1 aliphatic carbocycles. The van der Waals surface area contributed by atoms with Gasteiger partial charge in [-0.3, -0.25) is 0 Å². The van der Waals surface area contributed by atoms with E-state index in [-0.39, 0.29) is 10.8 Å². The molecule has 0 fully saturated rings. The lowest BCUT2D eigenvalue weighted by molar-refractivity contribution is 0.590. The van der Waals surface area contributed by atoms with E-state index in [1.807, 2.05) is 0 Å². The van der Waals surface area contributed by atoms with Crippen molar-refractivity contribution in [1.82, 2.24) is 0 Å². The zero-order chi connectivity index (χ0) is 35.6. The summed E-state index contributed by atoms with van der Waals surface area (Å²) in [4.78, 5) is 2.49. The van der Waals surface area contributed by atoms with Gasteiger partial charge in [0.05, 0.1) is 5.69 Å². The summed E-state index contributed by atoms with van der Waals surface area (Å²) in [6, 6.07) is 63.1. The average Bonchev–Trinajstić information content (AvgIpc) is 3.38. The number of rotatable bonds is 5. The highest BCUT2D eigenvalue weighted by atomic mass is 15.1. The quantitative estimate of drug-likeness (QED) is 0.176. The molecule has 0 aromatic heterocycles. The van der Waals surface area contributed by atoms with Gasteiger partial charge in [0, 0.05) is 22.4 Å². The van der Waals surface area contributed by atoms with E-state index in [1.54, 1.807) is 0 Å². The van der Waals surface area contributed by atoms with Crippen LogP contribution in [0.25, 0.3) is 54.9 Å². The summed E-state index contributed by atoms with van der Waals surface area (Å²) in [6.07, 6.45) is 0. The lowest BCUT2D eigenvalue weighted by Gasteiger charge is -2.31. The highest BCUT2D eigenvalue weighted by molar-refractivity contribution is 6.06. The second kappa shape index (κ2) is 12.1. The number of fused-ring (bicyclic) bond motifs is 5. The first-order valence-corrected chi connectivity index (χ1v) is 18.4. The first-order valence-electron chi connectivity index (χ1n) is 18.4. The second-order valence-corrected chi connectivity index (χ2v) is 15.9. The summed E-state index contributed by atoms with van der Waals surface area (Å²) < 4.78 is 0. The van der Waals surface area contributed by atoms with E-state index in [0.717, 1.165) is 17.1 Å². The van der Waals surface area contributed by atoms with Crippen LogP contribution in [0.1, 0.15) is 51.3 Å². The third-order valence-corrected chi connectivity index (χ3v) is 11.2. The van der Waals surface area contributed by atoms with Crippen molar-refractivity contribution in [3.05, 3.63) is 187 Å². The summed E-state index contributed by atoms with van der Waals surface area (Å²) in [5, 5.41) is 5.05. The van der Waals surface area contributed by atoms with Crippen LogP contribution in [0.4, 0.5) is 17.1 Å². The van der Waals surface area contributed by atoms with Gasteiger partial charge in [-0.25, -0.2) is 0 Å². The zero-order valence-corrected chi connectivity index (χ0v) is 30.6. The SMILES string of the molecule is CC(C)(C)c1ccc(N(c2ccc3c(c2)C(C)(C)c2cc4ccccc4cc2-3)c2ccc3ccccc3c2-c2cccc(-c3ccccc3)c2)cc1. The molecule has 0 bridgehead atoms. The molecule has 0 saturated heterocycles. The largest absolute Gasteiger partial charge is 0.310 e. The molecule has 8 aromatic carbocycles. The Morgan fingerprint density at radius 2 is 1.06 bits per heavy atom. The van der Waals surface area contributed by atoms with E-state index in [0.29, 0.717) is 0 Å². The van der Waals surface area contributed by atoms with Crippen molar-refractivity contribution in [1.29, 1.82) is 0 Å². The van der Waals surface area contributed by atoms with Crippen LogP contribution in [-0.4, -0.2) is 0 Å². The number of nitrogens with zero attached hydrogens (tertiary/aromatic N) is 1. The van der Waals surface area contributed by atoms with Crippen LogP contribution in [0.3, 0.4) is 0 Å².